The number of imidazole rings is 1. The maximum atomic E-state index is 12.7. The van der Waals surface area contributed by atoms with E-state index in [1.807, 2.05) is 12.1 Å². The van der Waals surface area contributed by atoms with Crippen molar-refractivity contribution in [2.45, 2.75) is 12.7 Å². The molecule has 2 aromatic heterocycles. The molecular weight excluding hydrogens is 383 g/mol. The number of anilines is 1. The SMILES string of the molecule is COc1ccc(-c2nc(N)c3ncn(Cc4ccc(C(F)(F)F)cc4)c3n2)cc1. The van der Waals surface area contributed by atoms with Gasteiger partial charge in [0.1, 0.15) is 11.3 Å². The van der Waals surface area contributed by atoms with Crippen molar-refractivity contribution in [1.82, 2.24) is 19.5 Å². The Balaban J connectivity index is 1.69. The highest BCUT2D eigenvalue weighted by molar-refractivity contribution is 5.83. The number of nitrogens with two attached hydrogens (primary N) is 1. The number of halogens is 3. The summed E-state index contributed by atoms with van der Waals surface area (Å²) in [6.07, 6.45) is -2.82. The first-order valence-electron chi connectivity index (χ1n) is 8.64. The predicted molar refractivity (Wildman–Crippen MR) is 102 cm³/mol. The van der Waals surface area contributed by atoms with Crippen LogP contribution in [0.15, 0.2) is 54.9 Å². The summed E-state index contributed by atoms with van der Waals surface area (Å²) in [6, 6.07) is 12.2. The van der Waals surface area contributed by atoms with Gasteiger partial charge < -0.3 is 15.0 Å². The zero-order chi connectivity index (χ0) is 20.6. The highest BCUT2D eigenvalue weighted by Gasteiger charge is 2.29. The van der Waals surface area contributed by atoms with E-state index in [-0.39, 0.29) is 5.82 Å². The Morgan fingerprint density at radius 2 is 1.69 bits per heavy atom. The molecule has 4 rings (SSSR count). The van der Waals surface area contributed by atoms with E-state index < -0.39 is 11.7 Å². The number of nitrogen functional groups attached to an aromatic ring is 1. The predicted octanol–water partition coefficient (Wildman–Crippen LogP) is 4.15. The summed E-state index contributed by atoms with van der Waals surface area (Å²) in [7, 11) is 1.58. The average Bonchev–Trinajstić information content (AvgIpc) is 3.11. The average molecular weight is 399 g/mol. The normalized spacial score (nSPS) is 11.7. The fraction of sp³-hybridized carbons (Fsp3) is 0.150. The summed E-state index contributed by atoms with van der Waals surface area (Å²) in [5.74, 6) is 1.36. The van der Waals surface area contributed by atoms with Crippen LogP contribution in [-0.4, -0.2) is 26.6 Å². The van der Waals surface area contributed by atoms with Gasteiger partial charge in [-0.05, 0) is 42.0 Å². The minimum absolute atomic E-state index is 0.229. The number of methoxy groups -OCH3 is 1. The lowest BCUT2D eigenvalue weighted by atomic mass is 10.1. The quantitative estimate of drug-likeness (QED) is 0.558. The van der Waals surface area contributed by atoms with Gasteiger partial charge in [-0.15, -0.1) is 0 Å². The van der Waals surface area contributed by atoms with Gasteiger partial charge in [0.05, 0.1) is 25.5 Å². The van der Waals surface area contributed by atoms with Gasteiger partial charge in [-0.1, -0.05) is 12.1 Å². The van der Waals surface area contributed by atoms with Gasteiger partial charge in [-0.2, -0.15) is 13.2 Å². The Labute approximate surface area is 163 Å². The molecule has 0 radical (unpaired) electrons. The van der Waals surface area contributed by atoms with Crippen LogP contribution in [0.2, 0.25) is 0 Å². The third-order valence-corrected chi connectivity index (χ3v) is 4.47. The standard InChI is InChI=1S/C20H16F3N5O/c1-29-15-8-4-13(5-9-15)18-26-17(24)16-19(27-18)28(11-25-16)10-12-2-6-14(7-3-12)20(21,22)23/h2-9,11H,10H2,1H3,(H2,24,26,27). The first-order chi connectivity index (χ1) is 13.8. The summed E-state index contributed by atoms with van der Waals surface area (Å²) in [5.41, 5.74) is 7.73. The third kappa shape index (κ3) is 3.71. The summed E-state index contributed by atoms with van der Waals surface area (Å²) >= 11 is 0. The monoisotopic (exact) mass is 399 g/mol. The van der Waals surface area contributed by atoms with Crippen LogP contribution in [0.1, 0.15) is 11.1 Å². The molecule has 0 fully saturated rings. The smallest absolute Gasteiger partial charge is 0.416 e. The zero-order valence-electron chi connectivity index (χ0n) is 15.3. The molecule has 29 heavy (non-hydrogen) atoms. The summed E-state index contributed by atoms with van der Waals surface area (Å²) in [6.45, 7) is 0.299. The molecule has 0 aliphatic heterocycles. The second-order valence-electron chi connectivity index (χ2n) is 6.40. The highest BCUT2D eigenvalue weighted by atomic mass is 19.4. The van der Waals surface area contributed by atoms with Gasteiger partial charge in [-0.25, -0.2) is 15.0 Å². The summed E-state index contributed by atoms with van der Waals surface area (Å²) < 4.78 is 45.1. The molecule has 0 unspecified atom stereocenters. The van der Waals surface area contributed by atoms with E-state index in [1.165, 1.54) is 12.1 Å². The molecule has 0 atom stereocenters. The number of rotatable bonds is 4. The fourth-order valence-corrected chi connectivity index (χ4v) is 2.95. The van der Waals surface area contributed by atoms with Crippen molar-refractivity contribution < 1.29 is 17.9 Å². The molecule has 0 saturated heterocycles. The minimum atomic E-state index is -4.37. The van der Waals surface area contributed by atoms with Crippen molar-refractivity contribution >= 4 is 17.0 Å². The maximum absolute atomic E-state index is 12.7. The zero-order valence-corrected chi connectivity index (χ0v) is 15.3. The molecule has 0 amide bonds. The molecule has 2 N–H and O–H groups in total. The van der Waals surface area contributed by atoms with Crippen molar-refractivity contribution in [2.75, 3.05) is 12.8 Å². The molecule has 9 heteroatoms. The second-order valence-corrected chi connectivity index (χ2v) is 6.40. The van der Waals surface area contributed by atoms with Gasteiger partial charge >= 0.3 is 6.18 Å². The second kappa shape index (κ2) is 7.08. The topological polar surface area (TPSA) is 78.9 Å². The first kappa shape index (κ1) is 18.7. The molecule has 148 valence electrons. The van der Waals surface area contributed by atoms with Crippen molar-refractivity contribution in [3.63, 3.8) is 0 Å². The Bertz CT molecular complexity index is 1150. The molecule has 6 nitrogen and oxygen atoms in total. The van der Waals surface area contributed by atoms with E-state index in [1.54, 1.807) is 30.1 Å². The molecule has 0 aliphatic carbocycles. The van der Waals surface area contributed by atoms with E-state index in [0.717, 1.165) is 17.7 Å². The number of alkyl halides is 3. The summed E-state index contributed by atoms with van der Waals surface area (Å²) in [5, 5.41) is 0. The highest BCUT2D eigenvalue weighted by Crippen LogP contribution is 2.29. The van der Waals surface area contributed by atoms with Crippen LogP contribution in [0.4, 0.5) is 19.0 Å². The largest absolute Gasteiger partial charge is 0.497 e. The lowest BCUT2D eigenvalue weighted by molar-refractivity contribution is -0.137. The van der Waals surface area contributed by atoms with Gasteiger partial charge in [-0.3, -0.25) is 0 Å². The lowest BCUT2D eigenvalue weighted by Gasteiger charge is -2.09. The van der Waals surface area contributed by atoms with Crippen molar-refractivity contribution in [3.8, 4) is 17.1 Å². The van der Waals surface area contributed by atoms with Gasteiger partial charge in [0.25, 0.3) is 0 Å². The van der Waals surface area contributed by atoms with Crippen molar-refractivity contribution in [3.05, 3.63) is 66.0 Å². The van der Waals surface area contributed by atoms with Gasteiger partial charge in [0.15, 0.2) is 17.3 Å². The number of hydrogen-bond donors (Lipinski definition) is 1. The van der Waals surface area contributed by atoms with E-state index in [4.69, 9.17) is 10.5 Å². The Morgan fingerprint density at radius 3 is 2.31 bits per heavy atom. The maximum Gasteiger partial charge on any atom is 0.416 e. The Hall–Kier alpha value is -3.62. The fourth-order valence-electron chi connectivity index (χ4n) is 2.95. The molecule has 2 aromatic carbocycles. The van der Waals surface area contributed by atoms with Crippen LogP contribution in [0.3, 0.4) is 0 Å². The Morgan fingerprint density at radius 1 is 1.00 bits per heavy atom. The van der Waals surface area contributed by atoms with Crippen LogP contribution >= 0.6 is 0 Å². The van der Waals surface area contributed by atoms with E-state index >= 15 is 0 Å². The number of aromatic nitrogens is 4. The number of benzene rings is 2. The van der Waals surface area contributed by atoms with Crippen LogP contribution in [0.5, 0.6) is 5.75 Å². The molecule has 0 saturated carbocycles. The van der Waals surface area contributed by atoms with Crippen LogP contribution in [-0.2, 0) is 12.7 Å². The summed E-state index contributed by atoms with van der Waals surface area (Å²) in [4.78, 5) is 13.1. The molecular formula is C20H16F3N5O. The third-order valence-electron chi connectivity index (χ3n) is 4.47. The van der Waals surface area contributed by atoms with Crippen LogP contribution < -0.4 is 10.5 Å². The van der Waals surface area contributed by atoms with Crippen LogP contribution in [0.25, 0.3) is 22.6 Å². The number of fused-ring (bicyclic) bond motifs is 1. The molecule has 2 heterocycles. The number of ether oxygens (including phenoxy) is 1. The minimum Gasteiger partial charge on any atom is -0.497 e. The van der Waals surface area contributed by atoms with E-state index in [0.29, 0.717) is 34.8 Å². The number of hydrogen-bond acceptors (Lipinski definition) is 5. The first-order valence-corrected chi connectivity index (χ1v) is 8.64. The molecule has 0 aliphatic rings. The van der Waals surface area contributed by atoms with Crippen molar-refractivity contribution in [2.24, 2.45) is 0 Å². The number of nitrogens with zero attached hydrogens (tertiary/aromatic N) is 4. The molecule has 0 spiro atoms. The molecule has 0 bridgehead atoms. The molecule has 4 aromatic rings. The van der Waals surface area contributed by atoms with E-state index in [9.17, 15) is 13.2 Å². The van der Waals surface area contributed by atoms with Gasteiger partial charge in [0.2, 0.25) is 0 Å². The van der Waals surface area contributed by atoms with Crippen LogP contribution in [0, 0.1) is 0 Å². The van der Waals surface area contributed by atoms with E-state index in [2.05, 4.69) is 15.0 Å². The Kier molecular flexibility index (Phi) is 4.57. The van der Waals surface area contributed by atoms with Crippen molar-refractivity contribution in [1.29, 1.82) is 0 Å². The van der Waals surface area contributed by atoms with Gasteiger partial charge in [0, 0.05) is 5.56 Å². The lowest BCUT2D eigenvalue weighted by Crippen LogP contribution is -2.06.